The Kier molecular flexibility index (Phi) is 5.94. The fraction of sp³-hybridized carbons (Fsp3) is 0.435. The molecule has 2 fully saturated rings. The quantitative estimate of drug-likeness (QED) is 0.773. The first-order valence-corrected chi connectivity index (χ1v) is 10.7. The molecule has 0 bridgehead atoms. The van der Waals surface area contributed by atoms with Gasteiger partial charge in [-0.15, -0.1) is 0 Å². The molecular weight excluding hydrogens is 397 g/mol. The number of nitrogens with one attached hydrogen (secondary N) is 2. The molecule has 2 aliphatic rings. The number of anilines is 1. The van der Waals surface area contributed by atoms with Crippen LogP contribution in [0.5, 0.6) is 0 Å². The molecular formula is C23H26FN5O2. The number of rotatable bonds is 5. The zero-order chi connectivity index (χ0) is 22.0. The predicted molar refractivity (Wildman–Crippen MR) is 115 cm³/mol. The summed E-state index contributed by atoms with van der Waals surface area (Å²) in [6.45, 7) is 3.30. The Morgan fingerprint density at radius 3 is 2.84 bits per heavy atom. The summed E-state index contributed by atoms with van der Waals surface area (Å²) in [6, 6.07) is 9.93. The Morgan fingerprint density at radius 1 is 1.32 bits per heavy atom. The van der Waals surface area contributed by atoms with E-state index in [9.17, 15) is 14.0 Å². The molecule has 0 unspecified atom stereocenters. The molecule has 31 heavy (non-hydrogen) atoms. The zero-order valence-corrected chi connectivity index (χ0v) is 17.5. The SMILES string of the molecule is Cc1cc(CNC(=O)N(C2CC2)[C@@H]2CCCN(c3cccc(=O)[nH]3)C2)c(F)cc1C#N. The number of amides is 2. The number of piperidine rings is 1. The van der Waals surface area contributed by atoms with Crippen LogP contribution in [0.3, 0.4) is 0 Å². The number of urea groups is 1. The Labute approximate surface area is 180 Å². The summed E-state index contributed by atoms with van der Waals surface area (Å²) < 4.78 is 14.3. The van der Waals surface area contributed by atoms with E-state index in [1.54, 1.807) is 19.1 Å². The molecule has 2 aromatic rings. The lowest BCUT2D eigenvalue weighted by Crippen LogP contribution is -2.54. The Morgan fingerprint density at radius 2 is 2.13 bits per heavy atom. The zero-order valence-electron chi connectivity index (χ0n) is 17.5. The largest absolute Gasteiger partial charge is 0.356 e. The van der Waals surface area contributed by atoms with Crippen molar-refractivity contribution in [3.8, 4) is 6.07 Å². The van der Waals surface area contributed by atoms with Crippen molar-refractivity contribution in [1.82, 2.24) is 15.2 Å². The molecule has 8 heteroatoms. The number of carbonyl (C=O) groups excluding carboxylic acids is 1. The third kappa shape index (κ3) is 4.71. The number of halogens is 1. The van der Waals surface area contributed by atoms with Gasteiger partial charge in [-0.2, -0.15) is 5.26 Å². The highest BCUT2D eigenvalue weighted by molar-refractivity contribution is 5.75. The van der Waals surface area contributed by atoms with E-state index >= 15 is 0 Å². The normalized spacial score (nSPS) is 18.4. The summed E-state index contributed by atoms with van der Waals surface area (Å²) in [6.07, 6.45) is 3.75. The molecule has 1 aliphatic heterocycles. The van der Waals surface area contributed by atoms with Crippen LogP contribution >= 0.6 is 0 Å². The van der Waals surface area contributed by atoms with Gasteiger partial charge in [0, 0.05) is 37.3 Å². The molecule has 4 rings (SSSR count). The molecule has 2 N–H and O–H groups in total. The Balaban J connectivity index is 1.45. The number of benzene rings is 1. The summed E-state index contributed by atoms with van der Waals surface area (Å²) in [5, 5.41) is 11.9. The standard InChI is InChI=1S/C23H26FN5O2/c1-15-10-17(20(24)11-16(15)12-25)13-26-23(31)29(18-7-8-18)19-4-3-9-28(14-19)21-5-2-6-22(30)27-21/h2,5-6,10-11,18-19H,3-4,7-9,13-14H2,1H3,(H,26,31)(H,27,30)/t19-/m1/s1. The highest BCUT2D eigenvalue weighted by Crippen LogP contribution is 2.32. The third-order valence-electron chi connectivity index (χ3n) is 6.00. The van der Waals surface area contributed by atoms with Gasteiger partial charge in [-0.1, -0.05) is 12.1 Å². The van der Waals surface area contributed by atoms with Crippen molar-refractivity contribution in [2.75, 3.05) is 18.0 Å². The molecule has 1 saturated carbocycles. The van der Waals surface area contributed by atoms with Crippen LogP contribution < -0.4 is 15.8 Å². The molecule has 1 atom stereocenters. The summed E-state index contributed by atoms with van der Waals surface area (Å²) in [4.78, 5) is 31.6. The van der Waals surface area contributed by atoms with Crippen LogP contribution in [0, 0.1) is 24.1 Å². The van der Waals surface area contributed by atoms with Gasteiger partial charge in [0.2, 0.25) is 5.56 Å². The first kappa shape index (κ1) is 20.9. The molecule has 162 valence electrons. The van der Waals surface area contributed by atoms with E-state index in [0.29, 0.717) is 23.2 Å². The van der Waals surface area contributed by atoms with Gasteiger partial charge in [0.25, 0.3) is 0 Å². The second-order valence-electron chi connectivity index (χ2n) is 8.31. The van der Waals surface area contributed by atoms with Gasteiger partial charge in [0.1, 0.15) is 11.6 Å². The van der Waals surface area contributed by atoms with E-state index in [-0.39, 0.29) is 30.2 Å². The van der Waals surface area contributed by atoms with Gasteiger partial charge in [-0.3, -0.25) is 4.79 Å². The maximum atomic E-state index is 14.3. The number of carbonyl (C=O) groups is 1. The lowest BCUT2D eigenvalue weighted by Gasteiger charge is -2.40. The van der Waals surface area contributed by atoms with Crippen molar-refractivity contribution in [3.05, 3.63) is 63.2 Å². The summed E-state index contributed by atoms with van der Waals surface area (Å²) >= 11 is 0. The van der Waals surface area contributed by atoms with Crippen molar-refractivity contribution in [2.24, 2.45) is 0 Å². The molecule has 2 amide bonds. The van der Waals surface area contributed by atoms with Gasteiger partial charge in [-0.25, -0.2) is 9.18 Å². The first-order valence-electron chi connectivity index (χ1n) is 10.7. The average molecular weight is 423 g/mol. The minimum atomic E-state index is -0.489. The second-order valence-corrected chi connectivity index (χ2v) is 8.31. The Hall–Kier alpha value is -3.34. The minimum Gasteiger partial charge on any atom is -0.356 e. The van der Waals surface area contributed by atoms with E-state index in [2.05, 4.69) is 15.2 Å². The van der Waals surface area contributed by atoms with Crippen molar-refractivity contribution >= 4 is 11.8 Å². The van der Waals surface area contributed by atoms with Crippen molar-refractivity contribution < 1.29 is 9.18 Å². The van der Waals surface area contributed by atoms with Crippen LogP contribution in [0.2, 0.25) is 0 Å². The Bertz CT molecular complexity index is 1070. The fourth-order valence-electron chi connectivity index (χ4n) is 4.26. The van der Waals surface area contributed by atoms with Gasteiger partial charge < -0.3 is 20.1 Å². The van der Waals surface area contributed by atoms with Gasteiger partial charge in [0.05, 0.1) is 17.7 Å². The highest BCUT2D eigenvalue weighted by atomic mass is 19.1. The second kappa shape index (κ2) is 8.80. The molecule has 2 heterocycles. The maximum Gasteiger partial charge on any atom is 0.318 e. The van der Waals surface area contributed by atoms with Crippen LogP contribution in [0.1, 0.15) is 42.4 Å². The van der Waals surface area contributed by atoms with E-state index in [1.165, 1.54) is 12.1 Å². The van der Waals surface area contributed by atoms with E-state index in [4.69, 9.17) is 5.26 Å². The molecule has 1 aliphatic carbocycles. The van der Waals surface area contributed by atoms with Crippen molar-refractivity contribution in [2.45, 2.75) is 51.2 Å². The first-order chi connectivity index (χ1) is 15.0. The van der Waals surface area contributed by atoms with E-state index in [1.807, 2.05) is 17.0 Å². The summed E-state index contributed by atoms with van der Waals surface area (Å²) in [5.74, 6) is 0.278. The number of nitriles is 1. The topological polar surface area (TPSA) is 92.2 Å². The number of pyridine rings is 1. The number of hydrogen-bond donors (Lipinski definition) is 2. The molecule has 0 radical (unpaired) electrons. The minimum absolute atomic E-state index is 0.0255. The van der Waals surface area contributed by atoms with E-state index < -0.39 is 5.82 Å². The monoisotopic (exact) mass is 423 g/mol. The number of aromatic nitrogens is 1. The molecule has 1 aromatic heterocycles. The number of aryl methyl sites for hydroxylation is 1. The van der Waals surface area contributed by atoms with Crippen LogP contribution in [0.15, 0.2) is 35.1 Å². The molecule has 1 aromatic carbocycles. The maximum absolute atomic E-state index is 14.3. The van der Waals surface area contributed by atoms with Crippen LogP contribution in [-0.4, -0.2) is 41.1 Å². The lowest BCUT2D eigenvalue weighted by atomic mass is 10.0. The van der Waals surface area contributed by atoms with Crippen molar-refractivity contribution in [3.63, 3.8) is 0 Å². The van der Waals surface area contributed by atoms with Gasteiger partial charge in [0.15, 0.2) is 0 Å². The molecule has 1 saturated heterocycles. The van der Waals surface area contributed by atoms with E-state index in [0.717, 1.165) is 38.0 Å². The lowest BCUT2D eigenvalue weighted by molar-refractivity contribution is 0.160. The molecule has 7 nitrogen and oxygen atoms in total. The van der Waals surface area contributed by atoms with Gasteiger partial charge >= 0.3 is 6.03 Å². The third-order valence-corrected chi connectivity index (χ3v) is 6.00. The summed E-state index contributed by atoms with van der Waals surface area (Å²) in [7, 11) is 0. The highest BCUT2D eigenvalue weighted by Gasteiger charge is 2.39. The summed E-state index contributed by atoms with van der Waals surface area (Å²) in [5.41, 5.74) is 1.21. The number of aromatic amines is 1. The van der Waals surface area contributed by atoms with Gasteiger partial charge in [-0.05, 0) is 50.3 Å². The number of H-pyrrole nitrogens is 1. The van der Waals surface area contributed by atoms with Crippen LogP contribution in [0.4, 0.5) is 15.0 Å². The molecule has 0 spiro atoms. The smallest absolute Gasteiger partial charge is 0.318 e. The van der Waals surface area contributed by atoms with Crippen LogP contribution in [-0.2, 0) is 6.54 Å². The average Bonchev–Trinajstić information content (AvgIpc) is 3.59. The number of nitrogens with zero attached hydrogens (tertiary/aromatic N) is 3. The van der Waals surface area contributed by atoms with Crippen molar-refractivity contribution in [1.29, 1.82) is 5.26 Å². The predicted octanol–water partition coefficient (Wildman–Crippen LogP) is 3.04. The van der Waals surface area contributed by atoms with Crippen LogP contribution in [0.25, 0.3) is 0 Å². The number of hydrogen-bond acceptors (Lipinski definition) is 4. The fourth-order valence-corrected chi connectivity index (χ4v) is 4.26.